The van der Waals surface area contributed by atoms with Gasteiger partial charge in [-0.15, -0.1) is 0 Å². The Labute approximate surface area is 193 Å². The Bertz CT molecular complexity index is 1050. The summed E-state index contributed by atoms with van der Waals surface area (Å²) in [6.07, 6.45) is 3.22. The van der Waals surface area contributed by atoms with E-state index in [1.807, 2.05) is 0 Å². The normalized spacial score (nSPS) is 14.7. The number of pyridine rings is 1. The van der Waals surface area contributed by atoms with Crippen molar-refractivity contribution in [2.75, 3.05) is 36.4 Å². The highest BCUT2D eigenvalue weighted by Crippen LogP contribution is 2.33. The molecule has 1 aromatic carbocycles. The van der Waals surface area contributed by atoms with Crippen LogP contribution >= 0.6 is 23.2 Å². The topological polar surface area (TPSA) is 82.6 Å². The van der Waals surface area contributed by atoms with E-state index >= 15 is 0 Å². The standard InChI is InChI=1S/C21H26Cl2N4O3S/c1-3-27(4-2)31(29,30)15-8-10-18(26-12-6-5-7-13-26)17(14-15)24-21(28)20-16(22)9-11-19(23)25-20/h8-11,14H,3-7,12-13H2,1-2H3,(H,24,28). The monoisotopic (exact) mass is 484 g/mol. The minimum absolute atomic E-state index is 0.0178. The molecule has 1 fully saturated rings. The number of anilines is 2. The van der Waals surface area contributed by atoms with Crippen LogP contribution in [0, 0.1) is 0 Å². The van der Waals surface area contributed by atoms with Crippen molar-refractivity contribution in [1.29, 1.82) is 0 Å². The molecule has 7 nitrogen and oxygen atoms in total. The summed E-state index contributed by atoms with van der Waals surface area (Å²) in [6.45, 7) is 5.96. The molecule has 1 saturated heterocycles. The molecule has 1 N–H and O–H groups in total. The van der Waals surface area contributed by atoms with Crippen molar-refractivity contribution in [1.82, 2.24) is 9.29 Å². The summed E-state index contributed by atoms with van der Waals surface area (Å²) < 4.78 is 27.5. The number of carbonyl (C=O) groups is 1. The number of sulfonamides is 1. The van der Waals surface area contributed by atoms with Gasteiger partial charge < -0.3 is 10.2 Å². The molecule has 0 unspecified atom stereocenters. The maximum atomic E-state index is 13.0. The average Bonchev–Trinajstić information content (AvgIpc) is 2.76. The molecule has 1 aliphatic heterocycles. The Morgan fingerprint density at radius 3 is 2.42 bits per heavy atom. The van der Waals surface area contributed by atoms with Crippen LogP contribution in [0.15, 0.2) is 35.2 Å². The summed E-state index contributed by atoms with van der Waals surface area (Å²) in [5.41, 5.74) is 1.15. The van der Waals surface area contributed by atoms with E-state index in [0.29, 0.717) is 18.8 Å². The number of hydrogen-bond acceptors (Lipinski definition) is 5. The second-order valence-electron chi connectivity index (χ2n) is 7.23. The molecule has 0 spiro atoms. The Balaban J connectivity index is 2.03. The molecule has 0 saturated carbocycles. The lowest BCUT2D eigenvalue weighted by Gasteiger charge is -2.31. The van der Waals surface area contributed by atoms with Crippen LogP contribution in [0.25, 0.3) is 0 Å². The molecule has 10 heteroatoms. The molecule has 2 aromatic rings. The quantitative estimate of drug-likeness (QED) is 0.577. The molecule has 0 aliphatic carbocycles. The van der Waals surface area contributed by atoms with Crippen molar-refractivity contribution < 1.29 is 13.2 Å². The molecular formula is C21H26Cl2N4O3S. The molecule has 31 heavy (non-hydrogen) atoms. The third kappa shape index (κ3) is 5.31. The van der Waals surface area contributed by atoms with Crippen LogP contribution in [0.4, 0.5) is 11.4 Å². The molecular weight excluding hydrogens is 459 g/mol. The van der Waals surface area contributed by atoms with Gasteiger partial charge in [0.05, 0.1) is 21.3 Å². The van der Waals surface area contributed by atoms with Gasteiger partial charge in [0.25, 0.3) is 5.91 Å². The molecule has 0 radical (unpaired) electrons. The summed E-state index contributed by atoms with van der Waals surface area (Å²) in [7, 11) is -3.69. The number of hydrogen-bond donors (Lipinski definition) is 1. The van der Waals surface area contributed by atoms with Gasteiger partial charge in [0.2, 0.25) is 10.0 Å². The lowest BCUT2D eigenvalue weighted by atomic mass is 10.1. The zero-order valence-corrected chi connectivity index (χ0v) is 19.9. The van der Waals surface area contributed by atoms with E-state index in [4.69, 9.17) is 23.2 Å². The zero-order chi connectivity index (χ0) is 22.6. The van der Waals surface area contributed by atoms with Gasteiger partial charge in [0.15, 0.2) is 0 Å². The number of aromatic nitrogens is 1. The van der Waals surface area contributed by atoms with Crippen LogP contribution in [-0.4, -0.2) is 49.8 Å². The summed E-state index contributed by atoms with van der Waals surface area (Å²) in [6, 6.07) is 7.85. The Morgan fingerprint density at radius 2 is 1.77 bits per heavy atom. The Morgan fingerprint density at radius 1 is 1.10 bits per heavy atom. The van der Waals surface area contributed by atoms with Gasteiger partial charge >= 0.3 is 0 Å². The van der Waals surface area contributed by atoms with Crippen molar-refractivity contribution in [2.45, 2.75) is 38.0 Å². The predicted octanol–water partition coefficient (Wildman–Crippen LogP) is 4.66. The number of rotatable bonds is 7. The maximum absolute atomic E-state index is 13.0. The molecule has 1 aromatic heterocycles. The fourth-order valence-corrected chi connectivity index (χ4v) is 5.48. The van der Waals surface area contributed by atoms with Crippen molar-refractivity contribution >= 4 is 50.5 Å². The number of nitrogens with one attached hydrogen (secondary N) is 1. The minimum atomic E-state index is -3.69. The van der Waals surface area contributed by atoms with Crippen LogP contribution in [0.5, 0.6) is 0 Å². The first-order chi connectivity index (χ1) is 14.8. The molecule has 2 heterocycles. The van der Waals surface area contributed by atoms with E-state index in [2.05, 4.69) is 15.2 Å². The molecule has 0 bridgehead atoms. The van der Waals surface area contributed by atoms with E-state index < -0.39 is 15.9 Å². The summed E-state index contributed by atoms with van der Waals surface area (Å²) in [5, 5.41) is 3.11. The van der Waals surface area contributed by atoms with Crippen LogP contribution < -0.4 is 10.2 Å². The van der Waals surface area contributed by atoms with Crippen LogP contribution in [-0.2, 0) is 10.0 Å². The van der Waals surface area contributed by atoms with Gasteiger partial charge in [-0.05, 0) is 49.6 Å². The van der Waals surface area contributed by atoms with E-state index in [1.165, 1.54) is 22.5 Å². The minimum Gasteiger partial charge on any atom is -0.370 e. The number of nitrogens with zero attached hydrogens (tertiary/aromatic N) is 3. The zero-order valence-electron chi connectivity index (χ0n) is 17.6. The lowest BCUT2D eigenvalue weighted by Crippen LogP contribution is -2.32. The van der Waals surface area contributed by atoms with Gasteiger partial charge in [0.1, 0.15) is 10.8 Å². The van der Waals surface area contributed by atoms with Crippen molar-refractivity contribution in [2.24, 2.45) is 0 Å². The van der Waals surface area contributed by atoms with Crippen LogP contribution in [0.3, 0.4) is 0 Å². The average molecular weight is 485 g/mol. The van der Waals surface area contributed by atoms with Gasteiger partial charge in [-0.25, -0.2) is 13.4 Å². The third-order valence-electron chi connectivity index (χ3n) is 5.28. The van der Waals surface area contributed by atoms with Crippen LogP contribution in [0.1, 0.15) is 43.6 Å². The van der Waals surface area contributed by atoms with E-state index in [0.717, 1.165) is 38.0 Å². The smallest absolute Gasteiger partial charge is 0.275 e. The first kappa shape index (κ1) is 23.8. The molecule has 1 amide bonds. The summed E-state index contributed by atoms with van der Waals surface area (Å²) in [4.78, 5) is 19.2. The Kier molecular flexibility index (Phi) is 7.80. The first-order valence-corrected chi connectivity index (χ1v) is 12.5. The second-order valence-corrected chi connectivity index (χ2v) is 9.97. The Hall–Kier alpha value is -1.87. The van der Waals surface area contributed by atoms with Crippen molar-refractivity contribution in [3.05, 3.63) is 46.2 Å². The van der Waals surface area contributed by atoms with E-state index in [1.54, 1.807) is 26.0 Å². The molecule has 1 aliphatic rings. The molecule has 168 valence electrons. The molecule has 3 rings (SSSR count). The van der Waals surface area contributed by atoms with Gasteiger partial charge in [-0.1, -0.05) is 37.0 Å². The highest BCUT2D eigenvalue weighted by atomic mass is 35.5. The number of piperidine rings is 1. The van der Waals surface area contributed by atoms with Crippen LogP contribution in [0.2, 0.25) is 10.2 Å². The fraction of sp³-hybridized carbons (Fsp3) is 0.429. The lowest BCUT2D eigenvalue weighted by molar-refractivity contribution is 0.102. The number of amides is 1. The first-order valence-electron chi connectivity index (χ1n) is 10.3. The third-order valence-corrected chi connectivity index (χ3v) is 7.84. The van der Waals surface area contributed by atoms with Crippen molar-refractivity contribution in [3.8, 4) is 0 Å². The van der Waals surface area contributed by atoms with E-state index in [-0.39, 0.29) is 20.8 Å². The highest BCUT2D eigenvalue weighted by Gasteiger charge is 2.25. The second kappa shape index (κ2) is 10.2. The number of benzene rings is 1. The van der Waals surface area contributed by atoms with Crippen molar-refractivity contribution in [3.63, 3.8) is 0 Å². The largest absolute Gasteiger partial charge is 0.370 e. The van der Waals surface area contributed by atoms with Gasteiger partial charge in [-0.2, -0.15) is 4.31 Å². The number of carbonyl (C=O) groups excluding carboxylic acids is 1. The molecule has 0 atom stereocenters. The SMILES string of the molecule is CCN(CC)S(=O)(=O)c1ccc(N2CCCCC2)c(NC(=O)c2nc(Cl)ccc2Cl)c1. The van der Waals surface area contributed by atoms with E-state index in [9.17, 15) is 13.2 Å². The van der Waals surface area contributed by atoms with Gasteiger partial charge in [-0.3, -0.25) is 4.79 Å². The van der Waals surface area contributed by atoms with Gasteiger partial charge in [0, 0.05) is 26.2 Å². The highest BCUT2D eigenvalue weighted by molar-refractivity contribution is 7.89. The maximum Gasteiger partial charge on any atom is 0.275 e. The number of halogens is 2. The summed E-state index contributed by atoms with van der Waals surface area (Å²) >= 11 is 12.1. The predicted molar refractivity (Wildman–Crippen MR) is 125 cm³/mol. The fourth-order valence-electron chi connectivity index (χ4n) is 3.66. The summed E-state index contributed by atoms with van der Waals surface area (Å²) in [5.74, 6) is -0.553.